The normalized spacial score (nSPS) is 11.1. The zero-order valence-corrected chi connectivity index (χ0v) is 8.97. The first-order valence-electron chi connectivity index (χ1n) is 4.61. The van der Waals surface area contributed by atoms with Crippen LogP contribution in [0.3, 0.4) is 0 Å². The molecular weight excluding hydrogens is 228 g/mol. The Labute approximate surface area is 96.5 Å². The average molecular weight is 240 g/mol. The molecule has 1 rings (SSSR count). The number of primary amides is 1. The number of rotatable bonds is 3. The van der Waals surface area contributed by atoms with Crippen LogP contribution in [0.25, 0.3) is 0 Å². The van der Waals surface area contributed by atoms with Crippen molar-refractivity contribution in [2.75, 3.05) is 0 Å². The van der Waals surface area contributed by atoms with E-state index in [2.05, 4.69) is 0 Å². The largest absolute Gasteiger partial charge is 0.369 e. The van der Waals surface area contributed by atoms with Crippen LogP contribution < -0.4 is 11.1 Å². The predicted molar refractivity (Wildman–Crippen MR) is 56.6 cm³/mol. The van der Waals surface area contributed by atoms with Gasteiger partial charge in [0.1, 0.15) is 0 Å². The van der Waals surface area contributed by atoms with Crippen LogP contribution in [0.5, 0.6) is 0 Å². The first-order valence-corrected chi connectivity index (χ1v) is 4.61. The molecule has 0 heterocycles. The van der Waals surface area contributed by atoms with E-state index in [1.54, 1.807) is 0 Å². The quantitative estimate of drug-likeness (QED) is 0.406. The number of hydrogen-bond acceptors (Lipinski definition) is 5. The Balaban J connectivity index is 3.11. The molecule has 0 aliphatic rings. The molecule has 0 bridgehead atoms. The van der Waals surface area contributed by atoms with Crippen LogP contribution in [-0.4, -0.2) is 33.2 Å². The van der Waals surface area contributed by atoms with Crippen molar-refractivity contribution in [2.24, 2.45) is 5.73 Å². The Morgan fingerprint density at radius 3 is 2.24 bits per heavy atom. The van der Waals surface area contributed by atoms with Crippen LogP contribution >= 0.6 is 0 Å². The minimum atomic E-state index is -3.31. The fourth-order valence-electron chi connectivity index (χ4n) is 1.37. The SMILES string of the molecule is Cc1c(C(N)=O)cccc1C(=O)NC(O)(O)O. The molecule has 0 atom stereocenters. The first kappa shape index (κ1) is 13.1. The summed E-state index contributed by atoms with van der Waals surface area (Å²) < 4.78 is 0. The standard InChI is InChI=1S/C10H12N2O5/c1-5-6(8(11)13)3-2-4-7(5)9(14)12-10(15,16)17/h2-4,15-17H,1H3,(H2,11,13)(H,12,14). The fraction of sp³-hybridized carbons (Fsp3) is 0.200. The van der Waals surface area contributed by atoms with Gasteiger partial charge in [-0.25, -0.2) is 0 Å². The summed E-state index contributed by atoms with van der Waals surface area (Å²) in [5.41, 5.74) is 5.51. The fourth-order valence-corrected chi connectivity index (χ4v) is 1.37. The third-order valence-corrected chi connectivity index (χ3v) is 2.13. The molecule has 6 N–H and O–H groups in total. The molecule has 0 aliphatic heterocycles. The number of nitrogens with one attached hydrogen (secondary N) is 1. The summed E-state index contributed by atoms with van der Waals surface area (Å²) in [6.07, 6.45) is -3.31. The van der Waals surface area contributed by atoms with E-state index in [0.29, 0.717) is 0 Å². The molecule has 0 radical (unpaired) electrons. The number of hydrogen-bond donors (Lipinski definition) is 5. The van der Waals surface area contributed by atoms with Gasteiger partial charge in [-0.2, -0.15) is 0 Å². The number of aliphatic hydroxyl groups is 3. The number of carbonyl (C=O) groups excluding carboxylic acids is 2. The number of carbonyl (C=O) groups is 2. The van der Waals surface area contributed by atoms with E-state index in [1.165, 1.54) is 30.4 Å². The number of benzene rings is 1. The summed E-state index contributed by atoms with van der Waals surface area (Å²) in [6.45, 7) is 1.48. The summed E-state index contributed by atoms with van der Waals surface area (Å²) >= 11 is 0. The minimum Gasteiger partial charge on any atom is -0.366 e. The molecule has 7 heteroatoms. The van der Waals surface area contributed by atoms with Crippen LogP contribution in [0.15, 0.2) is 18.2 Å². The van der Waals surface area contributed by atoms with E-state index in [-0.39, 0.29) is 16.7 Å². The highest BCUT2D eigenvalue weighted by Gasteiger charge is 2.24. The molecular formula is C10H12N2O5. The monoisotopic (exact) mass is 240 g/mol. The first-order chi connectivity index (χ1) is 7.72. The Hall–Kier alpha value is -1.96. The van der Waals surface area contributed by atoms with Gasteiger partial charge in [0.15, 0.2) is 0 Å². The van der Waals surface area contributed by atoms with Crippen LogP contribution in [0.4, 0.5) is 0 Å². The third kappa shape index (κ3) is 3.25. The van der Waals surface area contributed by atoms with E-state index >= 15 is 0 Å². The molecule has 0 fully saturated rings. The Kier molecular flexibility index (Phi) is 3.47. The van der Waals surface area contributed by atoms with E-state index in [1.807, 2.05) is 0 Å². The van der Waals surface area contributed by atoms with E-state index in [4.69, 9.17) is 21.1 Å². The van der Waals surface area contributed by atoms with Gasteiger partial charge in [-0.1, -0.05) is 6.07 Å². The highest BCUT2D eigenvalue weighted by molar-refractivity contribution is 6.01. The van der Waals surface area contributed by atoms with Crippen molar-refractivity contribution in [1.29, 1.82) is 0 Å². The number of nitrogens with two attached hydrogens (primary N) is 1. The Morgan fingerprint density at radius 1 is 1.24 bits per heavy atom. The predicted octanol–water partition coefficient (Wildman–Crippen LogP) is -1.59. The second-order valence-electron chi connectivity index (χ2n) is 3.43. The van der Waals surface area contributed by atoms with Crippen molar-refractivity contribution in [3.63, 3.8) is 0 Å². The van der Waals surface area contributed by atoms with Gasteiger partial charge in [0.05, 0.1) is 0 Å². The summed E-state index contributed by atoms with van der Waals surface area (Å²) in [5, 5.41) is 27.3. The van der Waals surface area contributed by atoms with Crippen LogP contribution in [0.1, 0.15) is 26.3 Å². The molecule has 17 heavy (non-hydrogen) atoms. The highest BCUT2D eigenvalue weighted by Crippen LogP contribution is 2.13. The number of amides is 2. The van der Waals surface area contributed by atoms with Crippen LogP contribution in [0.2, 0.25) is 0 Å². The zero-order chi connectivity index (χ0) is 13.2. The maximum atomic E-state index is 11.5. The van der Waals surface area contributed by atoms with Crippen molar-refractivity contribution in [1.82, 2.24) is 5.32 Å². The highest BCUT2D eigenvalue weighted by atomic mass is 16.7. The Morgan fingerprint density at radius 2 is 1.76 bits per heavy atom. The summed E-state index contributed by atoms with van der Waals surface area (Å²) in [7, 11) is 0. The summed E-state index contributed by atoms with van der Waals surface area (Å²) in [5.74, 6) is -1.65. The smallest absolute Gasteiger partial charge is 0.366 e. The van der Waals surface area contributed by atoms with Crippen LogP contribution in [0, 0.1) is 6.92 Å². The van der Waals surface area contributed by atoms with Gasteiger partial charge >= 0.3 is 6.10 Å². The topological polar surface area (TPSA) is 133 Å². The maximum absolute atomic E-state index is 11.5. The van der Waals surface area contributed by atoms with E-state index in [9.17, 15) is 9.59 Å². The lowest BCUT2D eigenvalue weighted by Gasteiger charge is -2.16. The lowest BCUT2D eigenvalue weighted by molar-refractivity contribution is -0.323. The van der Waals surface area contributed by atoms with Crippen molar-refractivity contribution in [3.05, 3.63) is 34.9 Å². The maximum Gasteiger partial charge on any atom is 0.369 e. The molecule has 2 amide bonds. The third-order valence-electron chi connectivity index (χ3n) is 2.13. The molecule has 0 unspecified atom stereocenters. The average Bonchev–Trinajstić information content (AvgIpc) is 2.14. The Bertz CT molecular complexity index is 464. The second kappa shape index (κ2) is 4.50. The molecule has 1 aromatic rings. The van der Waals surface area contributed by atoms with Crippen molar-refractivity contribution < 1.29 is 24.9 Å². The van der Waals surface area contributed by atoms with Crippen molar-refractivity contribution in [2.45, 2.75) is 13.0 Å². The summed E-state index contributed by atoms with van der Waals surface area (Å²) in [4.78, 5) is 22.5. The molecule has 0 saturated heterocycles. The van der Waals surface area contributed by atoms with Gasteiger partial charge in [-0.15, -0.1) is 0 Å². The van der Waals surface area contributed by atoms with Gasteiger partial charge in [0.25, 0.3) is 5.91 Å². The van der Waals surface area contributed by atoms with Crippen molar-refractivity contribution in [3.8, 4) is 0 Å². The molecule has 0 aromatic heterocycles. The zero-order valence-electron chi connectivity index (χ0n) is 8.97. The van der Waals surface area contributed by atoms with Crippen molar-refractivity contribution >= 4 is 11.8 Å². The van der Waals surface area contributed by atoms with Gasteiger partial charge in [-0.05, 0) is 24.6 Å². The molecule has 0 saturated carbocycles. The molecule has 0 spiro atoms. The molecule has 7 nitrogen and oxygen atoms in total. The molecule has 1 aromatic carbocycles. The lowest BCUT2D eigenvalue weighted by Crippen LogP contribution is -2.48. The lowest BCUT2D eigenvalue weighted by atomic mass is 10.0. The molecule has 92 valence electrons. The van der Waals surface area contributed by atoms with Gasteiger partial charge in [0.2, 0.25) is 5.91 Å². The summed E-state index contributed by atoms with van der Waals surface area (Å²) in [6, 6.07) is 4.19. The minimum absolute atomic E-state index is 0.00262. The van der Waals surface area contributed by atoms with E-state index < -0.39 is 17.9 Å². The van der Waals surface area contributed by atoms with E-state index in [0.717, 1.165) is 0 Å². The van der Waals surface area contributed by atoms with Gasteiger partial charge < -0.3 is 21.1 Å². The van der Waals surface area contributed by atoms with Gasteiger partial charge in [-0.3, -0.25) is 14.9 Å². The molecule has 0 aliphatic carbocycles. The second-order valence-corrected chi connectivity index (χ2v) is 3.43. The van der Waals surface area contributed by atoms with Crippen LogP contribution in [-0.2, 0) is 0 Å². The van der Waals surface area contributed by atoms with Gasteiger partial charge in [0, 0.05) is 11.1 Å².